The largest absolute Gasteiger partial charge is 0.490 e. The normalized spacial score (nSPS) is 19.3. The van der Waals surface area contributed by atoms with Crippen LogP contribution in [0.15, 0.2) is 35.0 Å². The van der Waals surface area contributed by atoms with Gasteiger partial charge in [-0.2, -0.15) is 4.98 Å². The number of ether oxygens (including phenoxy) is 1. The van der Waals surface area contributed by atoms with Crippen molar-refractivity contribution >= 4 is 10.9 Å². The van der Waals surface area contributed by atoms with E-state index < -0.39 is 0 Å². The lowest BCUT2D eigenvalue weighted by Gasteiger charge is -2.31. The molecule has 0 spiro atoms. The molecule has 6 nitrogen and oxygen atoms in total. The van der Waals surface area contributed by atoms with E-state index in [0.29, 0.717) is 5.92 Å². The predicted molar refractivity (Wildman–Crippen MR) is 98.1 cm³/mol. The second kappa shape index (κ2) is 6.43. The summed E-state index contributed by atoms with van der Waals surface area (Å²) in [6.07, 6.45) is 6.79. The highest BCUT2D eigenvalue weighted by molar-refractivity contribution is 5.86. The van der Waals surface area contributed by atoms with Crippen molar-refractivity contribution in [3.8, 4) is 5.75 Å². The molecule has 6 heteroatoms. The van der Waals surface area contributed by atoms with Gasteiger partial charge in [0.1, 0.15) is 11.9 Å². The molecule has 0 radical (unpaired) electrons. The molecule has 1 aromatic carbocycles. The molecule has 0 unspecified atom stereocenters. The second-order valence-corrected chi connectivity index (χ2v) is 7.53. The van der Waals surface area contributed by atoms with Crippen LogP contribution in [0.4, 0.5) is 0 Å². The molecular weight excluding hydrogens is 328 g/mol. The van der Waals surface area contributed by atoms with Crippen LogP contribution in [0.3, 0.4) is 0 Å². The maximum atomic E-state index is 6.33. The highest BCUT2D eigenvalue weighted by atomic mass is 16.5. The second-order valence-electron chi connectivity index (χ2n) is 7.53. The van der Waals surface area contributed by atoms with Gasteiger partial charge in [0.25, 0.3) is 0 Å². The van der Waals surface area contributed by atoms with Crippen molar-refractivity contribution in [3.63, 3.8) is 0 Å². The van der Waals surface area contributed by atoms with Crippen LogP contribution in [-0.4, -0.2) is 38.8 Å². The van der Waals surface area contributed by atoms with Crippen LogP contribution in [0.25, 0.3) is 10.9 Å². The summed E-state index contributed by atoms with van der Waals surface area (Å²) in [6, 6.07) is 8.41. The van der Waals surface area contributed by atoms with Gasteiger partial charge in [0.2, 0.25) is 5.89 Å². The standard InChI is InChI=1S/C20H24N4O2/c1-23-10-9-16-17(23)3-2-4-18(16)25-15-7-11-24(12-8-15)13-19-21-20(26-22-19)14-5-6-14/h2-4,9-10,14-15H,5-8,11-13H2,1H3. The van der Waals surface area contributed by atoms with Crippen molar-refractivity contribution in [2.75, 3.05) is 13.1 Å². The van der Waals surface area contributed by atoms with E-state index in [1.807, 2.05) is 0 Å². The van der Waals surface area contributed by atoms with Gasteiger partial charge < -0.3 is 13.8 Å². The summed E-state index contributed by atoms with van der Waals surface area (Å²) < 4.78 is 13.8. The van der Waals surface area contributed by atoms with E-state index in [0.717, 1.165) is 49.9 Å². The van der Waals surface area contributed by atoms with Gasteiger partial charge in [0, 0.05) is 37.6 Å². The van der Waals surface area contributed by atoms with E-state index in [1.165, 1.54) is 23.7 Å². The summed E-state index contributed by atoms with van der Waals surface area (Å²) in [5.74, 6) is 3.17. The Morgan fingerprint density at radius 1 is 1.15 bits per heavy atom. The third-order valence-electron chi connectivity index (χ3n) is 5.49. The summed E-state index contributed by atoms with van der Waals surface area (Å²) in [6.45, 7) is 2.78. The first-order valence-corrected chi connectivity index (χ1v) is 9.52. The van der Waals surface area contributed by atoms with E-state index in [4.69, 9.17) is 9.26 Å². The number of nitrogens with zero attached hydrogens (tertiary/aromatic N) is 4. The Kier molecular flexibility index (Phi) is 3.93. The van der Waals surface area contributed by atoms with Crippen molar-refractivity contribution in [1.82, 2.24) is 19.6 Å². The zero-order valence-corrected chi connectivity index (χ0v) is 15.1. The van der Waals surface area contributed by atoms with Crippen LogP contribution in [-0.2, 0) is 13.6 Å². The molecule has 0 atom stereocenters. The van der Waals surface area contributed by atoms with E-state index in [1.54, 1.807) is 0 Å². The summed E-state index contributed by atoms with van der Waals surface area (Å²) in [5.41, 5.74) is 1.21. The quantitative estimate of drug-likeness (QED) is 0.704. The van der Waals surface area contributed by atoms with Gasteiger partial charge >= 0.3 is 0 Å². The zero-order chi connectivity index (χ0) is 17.5. The first-order valence-electron chi connectivity index (χ1n) is 9.52. The average Bonchev–Trinajstić information content (AvgIpc) is 3.29. The fourth-order valence-corrected chi connectivity index (χ4v) is 3.77. The molecule has 1 aliphatic carbocycles. The van der Waals surface area contributed by atoms with Crippen LogP contribution >= 0.6 is 0 Å². The summed E-state index contributed by atoms with van der Waals surface area (Å²) >= 11 is 0. The minimum atomic E-state index is 0.268. The van der Waals surface area contributed by atoms with Gasteiger partial charge in [0.05, 0.1) is 12.1 Å². The van der Waals surface area contributed by atoms with Crippen molar-refractivity contribution in [2.45, 2.75) is 44.2 Å². The van der Waals surface area contributed by atoms with Gasteiger partial charge in [-0.05, 0) is 43.9 Å². The maximum Gasteiger partial charge on any atom is 0.229 e. The van der Waals surface area contributed by atoms with E-state index >= 15 is 0 Å². The predicted octanol–water partition coefficient (Wildman–Crippen LogP) is 3.48. The SMILES string of the molecule is Cn1ccc2c(OC3CCN(Cc4noc(C5CC5)n4)CC3)cccc21. The van der Waals surface area contributed by atoms with Crippen molar-refractivity contribution in [1.29, 1.82) is 0 Å². The molecule has 1 saturated carbocycles. The molecule has 26 heavy (non-hydrogen) atoms. The highest BCUT2D eigenvalue weighted by Gasteiger charge is 2.30. The fourth-order valence-electron chi connectivity index (χ4n) is 3.77. The first-order chi connectivity index (χ1) is 12.8. The van der Waals surface area contributed by atoms with Gasteiger partial charge in [-0.3, -0.25) is 4.90 Å². The molecule has 2 fully saturated rings. The van der Waals surface area contributed by atoms with Crippen molar-refractivity contribution in [2.24, 2.45) is 7.05 Å². The van der Waals surface area contributed by atoms with E-state index in [-0.39, 0.29) is 6.10 Å². The maximum absolute atomic E-state index is 6.33. The summed E-state index contributed by atoms with van der Waals surface area (Å²) in [5, 5.41) is 5.32. The lowest BCUT2D eigenvalue weighted by molar-refractivity contribution is 0.0960. The number of aromatic nitrogens is 3. The van der Waals surface area contributed by atoms with Crippen LogP contribution in [0.1, 0.15) is 43.3 Å². The first kappa shape index (κ1) is 15.9. The van der Waals surface area contributed by atoms with Crippen LogP contribution in [0.5, 0.6) is 5.75 Å². The molecule has 0 bridgehead atoms. The average molecular weight is 352 g/mol. The Morgan fingerprint density at radius 2 is 2.00 bits per heavy atom. The third kappa shape index (κ3) is 3.09. The Bertz CT molecular complexity index is 904. The lowest BCUT2D eigenvalue weighted by Crippen LogP contribution is -2.38. The highest BCUT2D eigenvalue weighted by Crippen LogP contribution is 2.38. The number of hydrogen-bond donors (Lipinski definition) is 0. The molecule has 3 aromatic rings. The molecular formula is C20H24N4O2. The Morgan fingerprint density at radius 3 is 2.81 bits per heavy atom. The van der Waals surface area contributed by atoms with Crippen LogP contribution < -0.4 is 4.74 Å². The van der Waals surface area contributed by atoms with Gasteiger partial charge in [0.15, 0.2) is 5.82 Å². The monoisotopic (exact) mass is 352 g/mol. The zero-order valence-electron chi connectivity index (χ0n) is 15.1. The van der Waals surface area contributed by atoms with Crippen molar-refractivity contribution < 1.29 is 9.26 Å². The van der Waals surface area contributed by atoms with Gasteiger partial charge in [-0.15, -0.1) is 0 Å². The molecule has 3 heterocycles. The molecule has 2 aromatic heterocycles. The molecule has 0 amide bonds. The van der Waals surface area contributed by atoms with E-state index in [9.17, 15) is 0 Å². The molecule has 1 aliphatic heterocycles. The Balaban J connectivity index is 1.18. The molecule has 5 rings (SSSR count). The fraction of sp³-hybridized carbons (Fsp3) is 0.500. The Labute approximate surface area is 152 Å². The summed E-state index contributed by atoms with van der Waals surface area (Å²) in [7, 11) is 2.07. The Hall–Kier alpha value is -2.34. The van der Waals surface area contributed by atoms with E-state index in [2.05, 4.69) is 57.1 Å². The van der Waals surface area contributed by atoms with Crippen LogP contribution in [0, 0.1) is 0 Å². The minimum Gasteiger partial charge on any atom is -0.490 e. The lowest BCUT2D eigenvalue weighted by atomic mass is 10.1. The van der Waals surface area contributed by atoms with Gasteiger partial charge in [-0.25, -0.2) is 0 Å². The smallest absolute Gasteiger partial charge is 0.229 e. The topological polar surface area (TPSA) is 56.3 Å². The third-order valence-corrected chi connectivity index (χ3v) is 5.49. The molecule has 1 saturated heterocycles. The number of piperidine rings is 1. The molecule has 2 aliphatic rings. The van der Waals surface area contributed by atoms with Crippen molar-refractivity contribution in [3.05, 3.63) is 42.2 Å². The minimum absolute atomic E-state index is 0.268. The number of rotatable bonds is 5. The molecule has 136 valence electrons. The number of aryl methyl sites for hydroxylation is 1. The number of hydrogen-bond acceptors (Lipinski definition) is 5. The van der Waals surface area contributed by atoms with Crippen LogP contribution in [0.2, 0.25) is 0 Å². The number of likely N-dealkylation sites (tertiary alicyclic amines) is 1. The van der Waals surface area contributed by atoms with Gasteiger partial charge in [-0.1, -0.05) is 11.2 Å². The summed E-state index contributed by atoms with van der Waals surface area (Å²) in [4.78, 5) is 6.93. The molecule has 0 N–H and O–H groups in total. The number of fused-ring (bicyclic) bond motifs is 1. The number of benzene rings is 1.